The van der Waals surface area contributed by atoms with Gasteiger partial charge in [0, 0.05) is 17.5 Å². The predicted octanol–water partition coefficient (Wildman–Crippen LogP) is 4.07. The smallest absolute Gasteiger partial charge is 0.141 e. The fourth-order valence-corrected chi connectivity index (χ4v) is 3.14. The highest BCUT2D eigenvalue weighted by Gasteiger charge is 2.26. The van der Waals surface area contributed by atoms with Gasteiger partial charge in [-0.3, -0.25) is 0 Å². The Labute approximate surface area is 119 Å². The van der Waals surface area contributed by atoms with Crippen molar-refractivity contribution in [2.45, 2.75) is 32.8 Å². The van der Waals surface area contributed by atoms with Crippen LogP contribution in [0.25, 0.3) is 0 Å². The minimum absolute atomic E-state index is 0.220. The molecule has 2 atom stereocenters. The molecule has 18 heavy (non-hydrogen) atoms. The normalized spacial score (nSPS) is 21.0. The monoisotopic (exact) mass is 287 g/mol. The van der Waals surface area contributed by atoms with Crippen molar-refractivity contribution in [1.82, 2.24) is 5.32 Å². The van der Waals surface area contributed by atoms with Gasteiger partial charge in [0.1, 0.15) is 11.9 Å². The van der Waals surface area contributed by atoms with Crippen molar-refractivity contribution in [3.63, 3.8) is 0 Å². The first-order valence-electron chi connectivity index (χ1n) is 6.44. The molecule has 1 N–H and O–H groups in total. The van der Waals surface area contributed by atoms with Crippen LogP contribution in [0.5, 0.6) is 5.75 Å². The van der Waals surface area contributed by atoms with E-state index in [9.17, 15) is 0 Å². The molecule has 1 fully saturated rings. The minimum Gasteiger partial charge on any atom is -0.488 e. The topological polar surface area (TPSA) is 21.3 Å². The van der Waals surface area contributed by atoms with E-state index in [0.29, 0.717) is 16.0 Å². The Bertz CT molecular complexity index is 393. The van der Waals surface area contributed by atoms with E-state index < -0.39 is 0 Å². The second-order valence-electron chi connectivity index (χ2n) is 4.85. The Morgan fingerprint density at radius 1 is 1.44 bits per heavy atom. The first-order chi connectivity index (χ1) is 8.61. The van der Waals surface area contributed by atoms with E-state index in [1.807, 2.05) is 13.0 Å². The Morgan fingerprint density at radius 2 is 2.22 bits per heavy atom. The lowest BCUT2D eigenvalue weighted by molar-refractivity contribution is 0.138. The number of hydrogen-bond acceptors (Lipinski definition) is 2. The average Bonchev–Trinajstić information content (AvgIpc) is 2.81. The third-order valence-electron chi connectivity index (χ3n) is 3.49. The van der Waals surface area contributed by atoms with Crippen LogP contribution < -0.4 is 10.1 Å². The van der Waals surface area contributed by atoms with E-state index in [0.717, 1.165) is 30.8 Å². The summed E-state index contributed by atoms with van der Waals surface area (Å²) in [6, 6.07) is 3.63. The third-order valence-corrected chi connectivity index (χ3v) is 3.99. The fraction of sp³-hybridized carbons (Fsp3) is 0.571. The van der Waals surface area contributed by atoms with Crippen LogP contribution in [0.2, 0.25) is 10.0 Å². The minimum atomic E-state index is 0.220. The van der Waals surface area contributed by atoms with E-state index in [-0.39, 0.29) is 6.10 Å². The van der Waals surface area contributed by atoms with Crippen LogP contribution in [0, 0.1) is 12.8 Å². The highest BCUT2D eigenvalue weighted by molar-refractivity contribution is 6.35. The Morgan fingerprint density at radius 3 is 2.78 bits per heavy atom. The molecular formula is C14H19Cl2NO. The highest BCUT2D eigenvalue weighted by atomic mass is 35.5. The SMILES string of the molecule is CCC(Oc1c(C)cc(Cl)cc1Cl)C1CCNC1. The molecule has 0 bridgehead atoms. The number of aryl methyl sites for hydroxylation is 1. The molecule has 0 amide bonds. The zero-order chi connectivity index (χ0) is 13.1. The lowest BCUT2D eigenvalue weighted by Crippen LogP contribution is -2.28. The summed E-state index contributed by atoms with van der Waals surface area (Å²) in [6.45, 7) is 6.25. The summed E-state index contributed by atoms with van der Waals surface area (Å²) >= 11 is 12.2. The zero-order valence-electron chi connectivity index (χ0n) is 10.8. The first-order valence-corrected chi connectivity index (χ1v) is 7.20. The Hall–Kier alpha value is -0.440. The van der Waals surface area contributed by atoms with Gasteiger partial charge >= 0.3 is 0 Å². The van der Waals surface area contributed by atoms with Crippen LogP contribution in [-0.2, 0) is 0 Å². The first kappa shape index (κ1) is 14.0. The van der Waals surface area contributed by atoms with Crippen LogP contribution in [0.4, 0.5) is 0 Å². The summed E-state index contributed by atoms with van der Waals surface area (Å²) in [4.78, 5) is 0. The van der Waals surface area contributed by atoms with Crippen molar-refractivity contribution >= 4 is 23.2 Å². The van der Waals surface area contributed by atoms with Crippen LogP contribution in [0.15, 0.2) is 12.1 Å². The van der Waals surface area contributed by atoms with Gasteiger partial charge in [-0.15, -0.1) is 0 Å². The van der Waals surface area contributed by atoms with E-state index in [2.05, 4.69) is 12.2 Å². The molecule has 1 heterocycles. The van der Waals surface area contributed by atoms with Gasteiger partial charge < -0.3 is 10.1 Å². The second-order valence-corrected chi connectivity index (χ2v) is 5.69. The molecule has 0 spiro atoms. The van der Waals surface area contributed by atoms with Crippen molar-refractivity contribution in [3.05, 3.63) is 27.7 Å². The molecule has 2 nitrogen and oxygen atoms in total. The number of hydrogen-bond donors (Lipinski definition) is 1. The molecule has 0 aromatic heterocycles. The number of halogens is 2. The Kier molecular flexibility index (Phi) is 4.77. The van der Waals surface area contributed by atoms with Gasteiger partial charge in [-0.05, 0) is 44.0 Å². The van der Waals surface area contributed by atoms with Gasteiger partial charge in [0.05, 0.1) is 5.02 Å². The number of ether oxygens (including phenoxy) is 1. The fourth-order valence-electron chi connectivity index (χ4n) is 2.50. The van der Waals surface area contributed by atoms with E-state index in [1.165, 1.54) is 6.42 Å². The summed E-state index contributed by atoms with van der Waals surface area (Å²) in [7, 11) is 0. The molecule has 2 unspecified atom stereocenters. The molecule has 4 heteroatoms. The van der Waals surface area contributed by atoms with Gasteiger partial charge in [0.15, 0.2) is 0 Å². The van der Waals surface area contributed by atoms with E-state index >= 15 is 0 Å². The second kappa shape index (κ2) is 6.14. The molecule has 1 aromatic carbocycles. The van der Waals surface area contributed by atoms with Gasteiger partial charge in [-0.25, -0.2) is 0 Å². The Balaban J connectivity index is 2.16. The van der Waals surface area contributed by atoms with Crippen molar-refractivity contribution < 1.29 is 4.74 Å². The van der Waals surface area contributed by atoms with Crippen molar-refractivity contribution in [2.24, 2.45) is 5.92 Å². The van der Waals surface area contributed by atoms with Crippen LogP contribution in [0.1, 0.15) is 25.3 Å². The van der Waals surface area contributed by atoms with Gasteiger partial charge in [0.2, 0.25) is 0 Å². The summed E-state index contributed by atoms with van der Waals surface area (Å²) in [5.41, 5.74) is 0.997. The lowest BCUT2D eigenvalue weighted by Gasteiger charge is -2.24. The number of rotatable bonds is 4. The molecule has 1 saturated heterocycles. The van der Waals surface area contributed by atoms with Gasteiger partial charge in [-0.1, -0.05) is 30.1 Å². The maximum atomic E-state index is 6.22. The van der Waals surface area contributed by atoms with Gasteiger partial charge in [0.25, 0.3) is 0 Å². The van der Waals surface area contributed by atoms with E-state index in [4.69, 9.17) is 27.9 Å². The highest BCUT2D eigenvalue weighted by Crippen LogP contribution is 2.34. The summed E-state index contributed by atoms with van der Waals surface area (Å²) in [5.74, 6) is 1.35. The standard InChI is InChI=1S/C14H19Cl2NO/c1-3-13(10-4-5-17-8-10)18-14-9(2)6-11(15)7-12(14)16/h6-7,10,13,17H,3-5,8H2,1-2H3. The predicted molar refractivity (Wildman–Crippen MR) is 76.9 cm³/mol. The molecule has 1 aliphatic rings. The van der Waals surface area contributed by atoms with Crippen molar-refractivity contribution in [2.75, 3.05) is 13.1 Å². The van der Waals surface area contributed by atoms with Crippen molar-refractivity contribution in [1.29, 1.82) is 0 Å². The van der Waals surface area contributed by atoms with Crippen LogP contribution in [0.3, 0.4) is 0 Å². The van der Waals surface area contributed by atoms with Crippen molar-refractivity contribution in [3.8, 4) is 5.75 Å². The molecule has 100 valence electrons. The average molecular weight is 288 g/mol. The summed E-state index contributed by atoms with van der Waals surface area (Å²) in [5, 5.41) is 4.63. The van der Waals surface area contributed by atoms with E-state index in [1.54, 1.807) is 6.07 Å². The van der Waals surface area contributed by atoms with Gasteiger partial charge in [-0.2, -0.15) is 0 Å². The molecule has 0 saturated carbocycles. The molecule has 2 rings (SSSR count). The maximum Gasteiger partial charge on any atom is 0.141 e. The number of nitrogens with one attached hydrogen (secondary N) is 1. The molecule has 1 aliphatic heterocycles. The third kappa shape index (κ3) is 3.11. The molecule has 0 aliphatic carbocycles. The summed E-state index contributed by atoms with van der Waals surface area (Å²) in [6.07, 6.45) is 2.38. The quantitative estimate of drug-likeness (QED) is 0.901. The van der Waals surface area contributed by atoms with Crippen LogP contribution in [-0.4, -0.2) is 19.2 Å². The maximum absolute atomic E-state index is 6.22. The number of benzene rings is 1. The molecule has 1 aromatic rings. The summed E-state index contributed by atoms with van der Waals surface area (Å²) < 4.78 is 6.13. The largest absolute Gasteiger partial charge is 0.488 e. The molecular weight excluding hydrogens is 269 g/mol. The van der Waals surface area contributed by atoms with Crippen LogP contribution >= 0.6 is 23.2 Å². The zero-order valence-corrected chi connectivity index (χ0v) is 12.3. The molecule has 0 radical (unpaired) electrons. The lowest BCUT2D eigenvalue weighted by atomic mass is 9.99.